The van der Waals surface area contributed by atoms with Crippen LogP contribution in [0.2, 0.25) is 0 Å². The van der Waals surface area contributed by atoms with Gasteiger partial charge >= 0.3 is 0 Å². The summed E-state index contributed by atoms with van der Waals surface area (Å²) >= 11 is 0. The second kappa shape index (κ2) is 3.92. The van der Waals surface area contributed by atoms with E-state index in [1.54, 1.807) is 7.11 Å². The largest absolute Gasteiger partial charge is 0.391 e. The predicted octanol–water partition coefficient (Wildman–Crippen LogP) is 0.885. The minimum absolute atomic E-state index is 0.130. The number of aliphatic hydroxyl groups excluding tert-OH is 1. The topological polar surface area (TPSA) is 47.9 Å². The molecular weight excluding hydrogens is 172 g/mol. The fourth-order valence-electron chi connectivity index (χ4n) is 1.68. The maximum atomic E-state index is 9.13. The first-order chi connectivity index (χ1) is 6.16. The third kappa shape index (κ3) is 1.86. The number of hydrogen-bond acceptors (Lipinski definition) is 4. The van der Waals surface area contributed by atoms with Crippen molar-refractivity contribution in [1.82, 2.24) is 0 Å². The lowest BCUT2D eigenvalue weighted by atomic mass is 10.1. The second-order valence-electron chi connectivity index (χ2n) is 3.34. The van der Waals surface area contributed by atoms with Crippen molar-refractivity contribution in [2.75, 3.05) is 20.8 Å². The van der Waals surface area contributed by atoms with Crippen LogP contribution in [0.1, 0.15) is 26.2 Å². The Balaban J connectivity index is 2.69. The first-order valence-electron chi connectivity index (χ1n) is 4.57. The minimum atomic E-state index is -0.855. The van der Waals surface area contributed by atoms with E-state index in [9.17, 15) is 0 Å². The summed E-state index contributed by atoms with van der Waals surface area (Å²) in [7, 11) is 3.16. The highest BCUT2D eigenvalue weighted by molar-refractivity contribution is 4.85. The monoisotopic (exact) mass is 190 g/mol. The van der Waals surface area contributed by atoms with Crippen LogP contribution in [0.4, 0.5) is 0 Å². The summed E-state index contributed by atoms with van der Waals surface area (Å²) in [6.45, 7) is 1.86. The molecule has 1 aliphatic rings. The molecule has 0 aliphatic carbocycles. The number of methoxy groups -OCH3 is 2. The van der Waals surface area contributed by atoms with Crippen LogP contribution in [0, 0.1) is 0 Å². The van der Waals surface area contributed by atoms with E-state index in [0.717, 1.165) is 12.8 Å². The Bertz CT molecular complexity index is 143. The van der Waals surface area contributed by atoms with Gasteiger partial charge in [0.25, 0.3) is 0 Å². The van der Waals surface area contributed by atoms with Crippen LogP contribution in [-0.4, -0.2) is 37.5 Å². The van der Waals surface area contributed by atoms with Gasteiger partial charge in [0, 0.05) is 27.1 Å². The Labute approximate surface area is 78.8 Å². The van der Waals surface area contributed by atoms with Gasteiger partial charge < -0.3 is 19.3 Å². The lowest BCUT2D eigenvalue weighted by Gasteiger charge is -2.31. The molecule has 4 nitrogen and oxygen atoms in total. The quantitative estimate of drug-likeness (QED) is 0.715. The molecule has 1 fully saturated rings. The molecule has 1 aliphatic heterocycles. The molecule has 1 heterocycles. The lowest BCUT2D eigenvalue weighted by Crippen LogP contribution is -2.40. The molecule has 13 heavy (non-hydrogen) atoms. The fourth-order valence-corrected chi connectivity index (χ4v) is 1.68. The SMILES string of the molecule is CCC1(OC)CCC(CO)(OC)O1. The number of aliphatic hydroxyl groups is 1. The molecule has 0 saturated carbocycles. The maximum Gasteiger partial charge on any atom is 0.194 e. The molecule has 0 bridgehead atoms. The highest BCUT2D eigenvalue weighted by Crippen LogP contribution is 2.40. The van der Waals surface area contributed by atoms with Crippen molar-refractivity contribution in [1.29, 1.82) is 0 Å². The van der Waals surface area contributed by atoms with Crippen molar-refractivity contribution in [2.45, 2.75) is 37.8 Å². The average molecular weight is 190 g/mol. The van der Waals surface area contributed by atoms with Crippen molar-refractivity contribution in [3.8, 4) is 0 Å². The van der Waals surface area contributed by atoms with Gasteiger partial charge in [-0.2, -0.15) is 0 Å². The molecule has 2 atom stereocenters. The lowest BCUT2D eigenvalue weighted by molar-refractivity contribution is -0.316. The molecule has 1 rings (SSSR count). The van der Waals surface area contributed by atoms with Crippen molar-refractivity contribution >= 4 is 0 Å². The Hall–Kier alpha value is -0.160. The molecule has 4 heteroatoms. The number of rotatable bonds is 4. The van der Waals surface area contributed by atoms with Gasteiger partial charge in [-0.1, -0.05) is 6.92 Å². The van der Waals surface area contributed by atoms with E-state index in [0.29, 0.717) is 6.42 Å². The first-order valence-corrected chi connectivity index (χ1v) is 4.57. The standard InChI is InChI=1S/C9H18O4/c1-4-8(11-2)5-6-9(7-10,12-3)13-8/h10H,4-7H2,1-3H3. The van der Waals surface area contributed by atoms with Crippen LogP contribution in [0.15, 0.2) is 0 Å². The van der Waals surface area contributed by atoms with Crippen LogP contribution in [-0.2, 0) is 14.2 Å². The molecule has 0 amide bonds. The van der Waals surface area contributed by atoms with E-state index in [1.807, 2.05) is 6.92 Å². The van der Waals surface area contributed by atoms with E-state index in [2.05, 4.69) is 0 Å². The van der Waals surface area contributed by atoms with Crippen molar-refractivity contribution in [3.63, 3.8) is 0 Å². The van der Waals surface area contributed by atoms with Gasteiger partial charge in [0.2, 0.25) is 0 Å². The summed E-state index contributed by atoms with van der Waals surface area (Å²) in [5.41, 5.74) is 0. The van der Waals surface area contributed by atoms with E-state index >= 15 is 0 Å². The van der Waals surface area contributed by atoms with Gasteiger partial charge in [-0.25, -0.2) is 0 Å². The Morgan fingerprint density at radius 3 is 2.00 bits per heavy atom. The zero-order valence-electron chi connectivity index (χ0n) is 8.50. The summed E-state index contributed by atoms with van der Waals surface area (Å²) in [5.74, 6) is -1.43. The molecule has 2 unspecified atom stereocenters. The molecular formula is C9H18O4. The van der Waals surface area contributed by atoms with Crippen LogP contribution in [0.5, 0.6) is 0 Å². The molecule has 0 aromatic carbocycles. The third-order valence-electron chi connectivity index (χ3n) is 2.78. The van der Waals surface area contributed by atoms with Crippen molar-refractivity contribution in [2.24, 2.45) is 0 Å². The van der Waals surface area contributed by atoms with Crippen molar-refractivity contribution < 1.29 is 19.3 Å². The summed E-state index contributed by atoms with van der Waals surface area (Å²) in [5, 5.41) is 9.13. The first kappa shape index (κ1) is 10.9. The van der Waals surface area contributed by atoms with Crippen LogP contribution in [0.3, 0.4) is 0 Å². The molecule has 0 radical (unpaired) electrons. The average Bonchev–Trinajstić information content (AvgIpc) is 2.59. The number of ether oxygens (including phenoxy) is 3. The molecule has 0 aromatic heterocycles. The second-order valence-corrected chi connectivity index (χ2v) is 3.34. The smallest absolute Gasteiger partial charge is 0.194 e. The molecule has 1 N–H and O–H groups in total. The highest BCUT2D eigenvalue weighted by Gasteiger charge is 2.48. The maximum absolute atomic E-state index is 9.13. The van der Waals surface area contributed by atoms with Gasteiger partial charge in [0.05, 0.1) is 6.61 Å². The van der Waals surface area contributed by atoms with E-state index in [-0.39, 0.29) is 6.61 Å². The van der Waals surface area contributed by atoms with E-state index in [4.69, 9.17) is 19.3 Å². The van der Waals surface area contributed by atoms with Crippen LogP contribution in [0.25, 0.3) is 0 Å². The summed E-state index contributed by atoms with van der Waals surface area (Å²) in [4.78, 5) is 0. The zero-order valence-corrected chi connectivity index (χ0v) is 8.50. The Morgan fingerprint density at radius 2 is 1.77 bits per heavy atom. The van der Waals surface area contributed by atoms with Gasteiger partial charge in [-0.05, 0) is 6.42 Å². The van der Waals surface area contributed by atoms with Gasteiger partial charge in [0.15, 0.2) is 11.6 Å². The van der Waals surface area contributed by atoms with E-state index < -0.39 is 11.6 Å². The number of hydrogen-bond donors (Lipinski definition) is 1. The summed E-state index contributed by atoms with van der Waals surface area (Å²) in [6, 6.07) is 0. The third-order valence-corrected chi connectivity index (χ3v) is 2.78. The van der Waals surface area contributed by atoms with Crippen LogP contribution >= 0.6 is 0 Å². The Kier molecular flexibility index (Phi) is 3.29. The zero-order chi connectivity index (χ0) is 9.95. The Morgan fingerprint density at radius 1 is 1.23 bits per heavy atom. The van der Waals surface area contributed by atoms with Crippen molar-refractivity contribution in [3.05, 3.63) is 0 Å². The normalized spacial score (nSPS) is 39.7. The van der Waals surface area contributed by atoms with E-state index in [1.165, 1.54) is 7.11 Å². The molecule has 0 spiro atoms. The van der Waals surface area contributed by atoms with Crippen LogP contribution < -0.4 is 0 Å². The predicted molar refractivity (Wildman–Crippen MR) is 47.2 cm³/mol. The highest BCUT2D eigenvalue weighted by atomic mass is 16.8. The van der Waals surface area contributed by atoms with Gasteiger partial charge in [0.1, 0.15) is 0 Å². The fraction of sp³-hybridized carbons (Fsp3) is 1.00. The summed E-state index contributed by atoms with van der Waals surface area (Å²) in [6.07, 6.45) is 2.19. The summed E-state index contributed by atoms with van der Waals surface area (Å²) < 4.78 is 16.1. The molecule has 1 saturated heterocycles. The minimum Gasteiger partial charge on any atom is -0.391 e. The van der Waals surface area contributed by atoms with Gasteiger partial charge in [-0.15, -0.1) is 0 Å². The molecule has 78 valence electrons. The molecule has 0 aromatic rings. The van der Waals surface area contributed by atoms with Gasteiger partial charge in [-0.3, -0.25) is 0 Å².